The number of hydrogen-bond donors (Lipinski definition) is 2. The minimum atomic E-state index is 0.417. The van der Waals surface area contributed by atoms with E-state index in [4.69, 9.17) is 11.0 Å². The molecule has 0 fully saturated rings. The predicted molar refractivity (Wildman–Crippen MR) is 71.8 cm³/mol. The zero-order chi connectivity index (χ0) is 12.7. The number of aromatic nitrogens is 2. The summed E-state index contributed by atoms with van der Waals surface area (Å²) in [5, 5.41) is 10.1. The number of benzene rings is 1. The lowest BCUT2D eigenvalue weighted by Gasteiger charge is -1.95. The number of rotatable bonds is 1. The maximum atomic E-state index is 8.94. The van der Waals surface area contributed by atoms with E-state index in [-0.39, 0.29) is 0 Å². The monoisotopic (exact) mass is 236 g/mol. The Kier molecular flexibility index (Phi) is 2.14. The van der Waals surface area contributed by atoms with Gasteiger partial charge in [0, 0.05) is 29.7 Å². The number of para-hydroxylation sites is 1. The first-order valence-electron chi connectivity index (χ1n) is 5.63. The van der Waals surface area contributed by atoms with Gasteiger partial charge in [0.05, 0.1) is 11.3 Å². The molecule has 0 bridgehead atoms. The van der Waals surface area contributed by atoms with Crippen LogP contribution in [0, 0.1) is 11.3 Å². The highest BCUT2D eigenvalue weighted by Crippen LogP contribution is 2.31. The summed E-state index contributed by atoms with van der Waals surface area (Å²) >= 11 is 0. The van der Waals surface area contributed by atoms with Crippen LogP contribution < -0.4 is 5.73 Å². The summed E-state index contributed by atoms with van der Waals surface area (Å²) in [5.41, 5.74) is 9.32. The van der Waals surface area contributed by atoms with Crippen LogP contribution in [0.5, 0.6) is 0 Å². The van der Waals surface area contributed by atoms with Crippen molar-refractivity contribution in [3.05, 3.63) is 42.1 Å². The van der Waals surface area contributed by atoms with Crippen molar-refractivity contribution in [2.75, 3.05) is 5.73 Å². The van der Waals surface area contributed by atoms with Gasteiger partial charge in [-0.3, -0.25) is 0 Å². The van der Waals surface area contributed by atoms with Gasteiger partial charge in [-0.15, -0.1) is 0 Å². The van der Waals surface area contributed by atoms with Crippen LogP contribution in [-0.4, -0.2) is 9.55 Å². The number of aromatic amines is 1. The van der Waals surface area contributed by atoms with Crippen LogP contribution in [-0.2, 0) is 7.05 Å². The van der Waals surface area contributed by atoms with E-state index in [9.17, 15) is 0 Å². The van der Waals surface area contributed by atoms with Gasteiger partial charge in [0.2, 0.25) is 0 Å². The van der Waals surface area contributed by atoms with Crippen molar-refractivity contribution in [2.45, 2.75) is 0 Å². The third-order valence-electron chi connectivity index (χ3n) is 3.16. The number of anilines is 1. The molecule has 0 spiro atoms. The topological polar surface area (TPSA) is 70.5 Å². The van der Waals surface area contributed by atoms with Crippen molar-refractivity contribution >= 4 is 16.7 Å². The molecule has 0 aliphatic carbocycles. The third-order valence-corrected chi connectivity index (χ3v) is 3.16. The number of nitrogens with one attached hydrogen (secondary N) is 1. The lowest BCUT2D eigenvalue weighted by atomic mass is 10.1. The largest absolute Gasteiger partial charge is 0.384 e. The summed E-state index contributed by atoms with van der Waals surface area (Å²) in [7, 11) is 2.00. The highest BCUT2D eigenvalue weighted by atomic mass is 14.9. The second-order valence-corrected chi connectivity index (χ2v) is 4.29. The molecule has 0 atom stereocenters. The minimum Gasteiger partial charge on any atom is -0.384 e. The van der Waals surface area contributed by atoms with Gasteiger partial charge in [0.25, 0.3) is 0 Å². The lowest BCUT2D eigenvalue weighted by Crippen LogP contribution is -1.86. The number of fused-ring (bicyclic) bond motifs is 1. The number of nitrogens with two attached hydrogens (primary N) is 1. The zero-order valence-corrected chi connectivity index (χ0v) is 9.94. The summed E-state index contributed by atoms with van der Waals surface area (Å²) in [5.74, 6) is 0.417. The molecule has 1 aromatic carbocycles. The van der Waals surface area contributed by atoms with Gasteiger partial charge in [0.1, 0.15) is 11.9 Å². The normalized spacial score (nSPS) is 10.7. The first kappa shape index (κ1) is 10.5. The smallest absolute Gasteiger partial charge is 0.119 e. The van der Waals surface area contributed by atoms with E-state index in [1.165, 1.54) is 0 Å². The Balaban J connectivity index is 2.29. The molecule has 0 aliphatic rings. The van der Waals surface area contributed by atoms with Gasteiger partial charge in [-0.1, -0.05) is 18.2 Å². The number of aryl methyl sites for hydroxylation is 1. The van der Waals surface area contributed by atoms with E-state index < -0.39 is 0 Å². The van der Waals surface area contributed by atoms with E-state index >= 15 is 0 Å². The van der Waals surface area contributed by atoms with Crippen LogP contribution in [0.1, 0.15) is 5.56 Å². The molecule has 88 valence electrons. The molecule has 2 heterocycles. The molecular weight excluding hydrogens is 224 g/mol. The average molecular weight is 236 g/mol. The molecule has 18 heavy (non-hydrogen) atoms. The van der Waals surface area contributed by atoms with Gasteiger partial charge in [-0.2, -0.15) is 5.26 Å². The number of H-pyrrole nitrogens is 1. The van der Waals surface area contributed by atoms with Crippen molar-refractivity contribution < 1.29 is 0 Å². The van der Waals surface area contributed by atoms with Crippen LogP contribution >= 0.6 is 0 Å². The number of nitrogen functional groups attached to an aromatic ring is 1. The zero-order valence-electron chi connectivity index (χ0n) is 9.94. The van der Waals surface area contributed by atoms with Crippen molar-refractivity contribution in [1.29, 1.82) is 5.26 Å². The first-order chi connectivity index (χ1) is 8.70. The van der Waals surface area contributed by atoms with E-state index in [1.54, 1.807) is 6.07 Å². The van der Waals surface area contributed by atoms with Crippen molar-refractivity contribution in [3.63, 3.8) is 0 Å². The molecule has 0 radical (unpaired) electrons. The van der Waals surface area contributed by atoms with Crippen molar-refractivity contribution in [3.8, 4) is 17.3 Å². The fourth-order valence-electron chi connectivity index (χ4n) is 2.26. The highest BCUT2D eigenvalue weighted by Gasteiger charge is 2.12. The van der Waals surface area contributed by atoms with Crippen LogP contribution in [0.4, 0.5) is 5.82 Å². The Morgan fingerprint density at radius 3 is 2.83 bits per heavy atom. The third kappa shape index (κ3) is 1.38. The maximum absolute atomic E-state index is 8.94. The first-order valence-corrected chi connectivity index (χ1v) is 5.63. The van der Waals surface area contributed by atoms with E-state index in [0.717, 1.165) is 22.2 Å². The van der Waals surface area contributed by atoms with Gasteiger partial charge in [0.15, 0.2) is 0 Å². The van der Waals surface area contributed by atoms with Crippen molar-refractivity contribution in [1.82, 2.24) is 9.55 Å². The Bertz CT molecular complexity index is 771. The minimum absolute atomic E-state index is 0.417. The SMILES string of the molecule is Cn1cc(-c2cc(C#N)c(N)[nH]2)c2ccccc21. The van der Waals surface area contributed by atoms with Crippen molar-refractivity contribution in [2.24, 2.45) is 7.05 Å². The Morgan fingerprint density at radius 2 is 2.11 bits per heavy atom. The summed E-state index contributed by atoms with van der Waals surface area (Å²) in [4.78, 5) is 3.06. The quantitative estimate of drug-likeness (QED) is 0.681. The Labute approximate surface area is 104 Å². The van der Waals surface area contributed by atoms with Crippen LogP contribution in [0.15, 0.2) is 36.5 Å². The number of nitrogens with zero attached hydrogens (tertiary/aromatic N) is 2. The molecule has 0 saturated heterocycles. The maximum Gasteiger partial charge on any atom is 0.119 e. The molecule has 0 aliphatic heterocycles. The van der Waals surface area contributed by atoms with Gasteiger partial charge in [-0.25, -0.2) is 0 Å². The average Bonchev–Trinajstić information content (AvgIpc) is 2.91. The molecule has 0 saturated carbocycles. The summed E-state index contributed by atoms with van der Waals surface area (Å²) in [6.45, 7) is 0. The van der Waals surface area contributed by atoms with Gasteiger partial charge >= 0.3 is 0 Å². The number of nitriles is 1. The highest BCUT2D eigenvalue weighted by molar-refractivity contribution is 5.95. The molecule has 3 rings (SSSR count). The Morgan fingerprint density at radius 1 is 1.33 bits per heavy atom. The van der Waals surface area contributed by atoms with E-state index in [2.05, 4.69) is 27.8 Å². The standard InChI is InChI=1S/C14H12N4/c1-18-8-11(10-4-2-3-5-13(10)18)12-6-9(7-15)14(16)17-12/h2-6,8,17H,16H2,1H3. The molecule has 3 N–H and O–H groups in total. The Hall–Kier alpha value is -2.67. The van der Waals surface area contributed by atoms with Crippen LogP contribution in [0.3, 0.4) is 0 Å². The molecule has 4 heteroatoms. The van der Waals surface area contributed by atoms with Gasteiger partial charge in [-0.05, 0) is 12.1 Å². The van der Waals surface area contributed by atoms with Gasteiger partial charge < -0.3 is 15.3 Å². The fraction of sp³-hybridized carbons (Fsp3) is 0.0714. The van der Waals surface area contributed by atoms with E-state index in [1.807, 2.05) is 25.4 Å². The molecule has 2 aromatic heterocycles. The van der Waals surface area contributed by atoms with E-state index in [0.29, 0.717) is 11.4 Å². The molecule has 4 nitrogen and oxygen atoms in total. The second-order valence-electron chi connectivity index (χ2n) is 4.29. The fourth-order valence-corrected chi connectivity index (χ4v) is 2.26. The summed E-state index contributed by atoms with van der Waals surface area (Å²) in [6, 6.07) is 12.0. The molecule has 0 unspecified atom stereocenters. The predicted octanol–water partition coefficient (Wildman–Crippen LogP) is 2.63. The van der Waals surface area contributed by atoms with Crippen LogP contribution in [0.2, 0.25) is 0 Å². The lowest BCUT2D eigenvalue weighted by molar-refractivity contribution is 0.970. The number of hydrogen-bond acceptors (Lipinski definition) is 2. The summed E-state index contributed by atoms with van der Waals surface area (Å²) < 4.78 is 2.06. The van der Waals surface area contributed by atoms with Crippen LogP contribution in [0.25, 0.3) is 22.2 Å². The molecule has 3 aromatic rings. The molecule has 0 amide bonds. The summed E-state index contributed by atoms with van der Waals surface area (Å²) in [6.07, 6.45) is 2.04. The molecular formula is C14H12N4. The second kappa shape index (κ2) is 3.67.